The van der Waals surface area contributed by atoms with Crippen LogP contribution >= 0.6 is 0 Å². The van der Waals surface area contributed by atoms with Crippen molar-refractivity contribution < 1.29 is 9.18 Å². The highest BCUT2D eigenvalue weighted by atomic mass is 19.1. The van der Waals surface area contributed by atoms with Gasteiger partial charge in [-0.2, -0.15) is 0 Å². The first kappa shape index (κ1) is 9.64. The molecule has 1 amide bonds. The van der Waals surface area contributed by atoms with Crippen molar-refractivity contribution in [2.75, 3.05) is 13.2 Å². The Hall–Kier alpha value is -1.91. The predicted molar refractivity (Wildman–Crippen MR) is 54.4 cm³/mol. The van der Waals surface area contributed by atoms with Gasteiger partial charge in [0.2, 0.25) is 0 Å². The zero-order chi connectivity index (χ0) is 10.7. The molecule has 0 aliphatic heterocycles. The summed E-state index contributed by atoms with van der Waals surface area (Å²) in [5.41, 5.74) is 1.84. The van der Waals surface area contributed by atoms with Crippen molar-refractivity contribution in [3.63, 3.8) is 0 Å². The summed E-state index contributed by atoms with van der Waals surface area (Å²) in [5, 5.41) is 2.45. The molecule has 5 heteroatoms. The van der Waals surface area contributed by atoms with E-state index in [0.717, 1.165) is 5.52 Å². The van der Waals surface area contributed by atoms with Crippen molar-refractivity contribution in [2.45, 2.75) is 0 Å². The molecule has 0 aliphatic carbocycles. The van der Waals surface area contributed by atoms with Crippen LogP contribution in [0, 0.1) is 0 Å². The van der Waals surface area contributed by atoms with Gasteiger partial charge < -0.3 is 10.3 Å². The number of amides is 1. The molecule has 0 aromatic carbocycles. The molecular formula is C10H10FN3O. The van der Waals surface area contributed by atoms with Gasteiger partial charge in [0.05, 0.1) is 11.1 Å². The smallest absolute Gasteiger partial charge is 0.255 e. The summed E-state index contributed by atoms with van der Waals surface area (Å²) in [5.74, 6) is -0.308. The molecule has 2 rings (SSSR count). The number of nitrogens with zero attached hydrogens (tertiary/aromatic N) is 1. The second kappa shape index (κ2) is 4.08. The second-order valence-corrected chi connectivity index (χ2v) is 3.05. The van der Waals surface area contributed by atoms with Gasteiger partial charge in [-0.15, -0.1) is 0 Å². The Bertz CT molecular complexity index is 480. The molecule has 0 saturated heterocycles. The number of halogens is 1. The van der Waals surface area contributed by atoms with Gasteiger partial charge in [0.15, 0.2) is 0 Å². The number of alkyl halides is 1. The van der Waals surface area contributed by atoms with Crippen LogP contribution in [-0.2, 0) is 0 Å². The zero-order valence-corrected chi connectivity index (χ0v) is 7.96. The average molecular weight is 207 g/mol. The van der Waals surface area contributed by atoms with Crippen molar-refractivity contribution in [1.82, 2.24) is 15.3 Å². The maximum absolute atomic E-state index is 11.9. The van der Waals surface area contributed by atoms with Crippen LogP contribution in [0.4, 0.5) is 4.39 Å². The Labute approximate surface area is 85.5 Å². The molecule has 0 atom stereocenters. The number of carbonyl (C=O) groups excluding carboxylic acids is 1. The van der Waals surface area contributed by atoms with Gasteiger partial charge in [-0.25, -0.2) is 4.39 Å². The highest BCUT2D eigenvalue weighted by Gasteiger charge is 2.11. The van der Waals surface area contributed by atoms with E-state index >= 15 is 0 Å². The fourth-order valence-corrected chi connectivity index (χ4v) is 1.38. The normalized spacial score (nSPS) is 10.5. The van der Waals surface area contributed by atoms with Crippen LogP contribution in [0.2, 0.25) is 0 Å². The summed E-state index contributed by atoms with van der Waals surface area (Å²) in [6.45, 7) is -0.542. The molecular weight excluding hydrogens is 197 g/mol. The fourth-order valence-electron chi connectivity index (χ4n) is 1.38. The van der Waals surface area contributed by atoms with E-state index in [1.165, 1.54) is 0 Å². The summed E-state index contributed by atoms with van der Waals surface area (Å²) in [7, 11) is 0. The Morgan fingerprint density at radius 2 is 2.47 bits per heavy atom. The Kier molecular flexibility index (Phi) is 2.62. The van der Waals surface area contributed by atoms with E-state index in [1.807, 2.05) is 6.07 Å². The third kappa shape index (κ3) is 1.81. The SMILES string of the molecule is O=C(NCCF)c1c[nH]c2cccnc12. The van der Waals surface area contributed by atoms with E-state index < -0.39 is 6.67 Å². The number of carbonyl (C=O) groups is 1. The van der Waals surface area contributed by atoms with Gasteiger partial charge >= 0.3 is 0 Å². The predicted octanol–water partition coefficient (Wildman–Crippen LogP) is 1.26. The minimum absolute atomic E-state index is 0.0261. The first-order valence-electron chi connectivity index (χ1n) is 4.59. The number of aromatic amines is 1. The number of aromatic nitrogens is 2. The number of hydrogen-bond donors (Lipinski definition) is 2. The second-order valence-electron chi connectivity index (χ2n) is 3.05. The van der Waals surface area contributed by atoms with E-state index in [4.69, 9.17) is 0 Å². The Balaban J connectivity index is 2.31. The number of rotatable bonds is 3. The molecule has 0 unspecified atom stereocenters. The van der Waals surface area contributed by atoms with Gasteiger partial charge in [0.25, 0.3) is 5.91 Å². The molecule has 4 nitrogen and oxygen atoms in total. The van der Waals surface area contributed by atoms with Crippen LogP contribution in [0.25, 0.3) is 11.0 Å². The van der Waals surface area contributed by atoms with E-state index in [2.05, 4.69) is 15.3 Å². The molecule has 0 fully saturated rings. The van der Waals surface area contributed by atoms with Crippen molar-refractivity contribution in [3.8, 4) is 0 Å². The first-order valence-corrected chi connectivity index (χ1v) is 4.59. The lowest BCUT2D eigenvalue weighted by atomic mass is 10.2. The van der Waals surface area contributed by atoms with Crippen LogP contribution in [-0.4, -0.2) is 29.1 Å². The van der Waals surface area contributed by atoms with Crippen molar-refractivity contribution >= 4 is 16.9 Å². The van der Waals surface area contributed by atoms with Crippen molar-refractivity contribution in [1.29, 1.82) is 0 Å². The van der Waals surface area contributed by atoms with E-state index in [9.17, 15) is 9.18 Å². The summed E-state index contributed by atoms with van der Waals surface area (Å²) in [6.07, 6.45) is 3.19. The molecule has 0 saturated carbocycles. The zero-order valence-electron chi connectivity index (χ0n) is 7.96. The standard InChI is InChI=1S/C10H10FN3O/c11-3-5-13-10(15)7-6-14-8-2-1-4-12-9(7)8/h1-2,4,6,14H,3,5H2,(H,13,15). The van der Waals surface area contributed by atoms with Crippen LogP contribution in [0.5, 0.6) is 0 Å². The van der Waals surface area contributed by atoms with Crippen molar-refractivity contribution in [2.24, 2.45) is 0 Å². The largest absolute Gasteiger partial charge is 0.359 e. The molecule has 2 heterocycles. The molecule has 0 bridgehead atoms. The van der Waals surface area contributed by atoms with Gasteiger partial charge in [-0.05, 0) is 12.1 Å². The fraction of sp³-hybridized carbons (Fsp3) is 0.200. The maximum atomic E-state index is 11.9. The monoisotopic (exact) mass is 207 g/mol. The van der Waals surface area contributed by atoms with E-state index in [0.29, 0.717) is 11.1 Å². The molecule has 78 valence electrons. The third-order valence-electron chi connectivity index (χ3n) is 2.06. The van der Waals surface area contributed by atoms with Crippen LogP contribution in [0.3, 0.4) is 0 Å². The molecule has 2 aromatic rings. The van der Waals surface area contributed by atoms with Crippen molar-refractivity contribution in [3.05, 3.63) is 30.1 Å². The lowest BCUT2D eigenvalue weighted by Crippen LogP contribution is -2.25. The minimum atomic E-state index is -0.568. The van der Waals surface area contributed by atoms with E-state index in [1.54, 1.807) is 18.5 Å². The molecule has 2 aromatic heterocycles. The number of H-pyrrole nitrogens is 1. The topological polar surface area (TPSA) is 57.8 Å². The van der Waals surface area contributed by atoms with Crippen LogP contribution in [0.1, 0.15) is 10.4 Å². The number of fused-ring (bicyclic) bond motifs is 1. The first-order chi connectivity index (χ1) is 7.33. The van der Waals surface area contributed by atoms with Gasteiger partial charge in [0, 0.05) is 18.9 Å². The molecule has 15 heavy (non-hydrogen) atoms. The molecule has 2 N–H and O–H groups in total. The quantitative estimate of drug-likeness (QED) is 0.796. The third-order valence-corrected chi connectivity index (χ3v) is 2.06. The number of nitrogens with one attached hydrogen (secondary N) is 2. The van der Waals surface area contributed by atoms with Gasteiger partial charge in [-0.1, -0.05) is 0 Å². The van der Waals surface area contributed by atoms with Gasteiger partial charge in [0.1, 0.15) is 12.2 Å². The van der Waals surface area contributed by atoms with Crippen LogP contribution in [0.15, 0.2) is 24.5 Å². The van der Waals surface area contributed by atoms with E-state index in [-0.39, 0.29) is 12.5 Å². The summed E-state index contributed by atoms with van der Waals surface area (Å²) >= 11 is 0. The Morgan fingerprint density at radius 3 is 3.27 bits per heavy atom. The molecule has 0 aliphatic rings. The maximum Gasteiger partial charge on any atom is 0.255 e. The lowest BCUT2D eigenvalue weighted by molar-refractivity contribution is 0.0952. The summed E-state index contributed by atoms with van der Waals surface area (Å²) in [6, 6.07) is 3.61. The van der Waals surface area contributed by atoms with Gasteiger partial charge in [-0.3, -0.25) is 9.78 Å². The highest BCUT2D eigenvalue weighted by Crippen LogP contribution is 2.14. The molecule has 0 spiro atoms. The Morgan fingerprint density at radius 1 is 1.60 bits per heavy atom. The lowest BCUT2D eigenvalue weighted by Gasteiger charge is -1.99. The summed E-state index contributed by atoms with van der Waals surface area (Å²) in [4.78, 5) is 18.6. The van der Waals surface area contributed by atoms with Crippen LogP contribution < -0.4 is 5.32 Å². The summed E-state index contributed by atoms with van der Waals surface area (Å²) < 4.78 is 11.9. The number of hydrogen-bond acceptors (Lipinski definition) is 2. The minimum Gasteiger partial charge on any atom is -0.359 e. The average Bonchev–Trinajstić information content (AvgIpc) is 2.69. The highest BCUT2D eigenvalue weighted by molar-refractivity contribution is 6.05. The molecule has 0 radical (unpaired) electrons. The number of pyridine rings is 1.